The largest absolute Gasteiger partial charge is 0.408 e. The van der Waals surface area contributed by atoms with Gasteiger partial charge in [-0.2, -0.15) is 18.3 Å². The van der Waals surface area contributed by atoms with E-state index in [4.69, 9.17) is 0 Å². The number of hydrogen-bond acceptors (Lipinski definition) is 3. The van der Waals surface area contributed by atoms with Gasteiger partial charge in [-0.1, -0.05) is 0 Å². The number of aromatic nitrogens is 4. The Morgan fingerprint density at radius 2 is 1.86 bits per heavy atom. The van der Waals surface area contributed by atoms with Crippen molar-refractivity contribution in [1.29, 1.82) is 0 Å². The van der Waals surface area contributed by atoms with E-state index in [-0.39, 0.29) is 12.1 Å². The second kappa shape index (κ2) is 5.75. The molecule has 0 aliphatic heterocycles. The van der Waals surface area contributed by atoms with E-state index in [1.165, 1.54) is 4.68 Å². The average molecular weight is 315 g/mol. The number of alkyl halides is 3. The molecule has 8 heteroatoms. The van der Waals surface area contributed by atoms with Crippen LogP contribution in [-0.4, -0.2) is 25.9 Å². The van der Waals surface area contributed by atoms with Crippen LogP contribution in [-0.2, 0) is 13.6 Å². The number of nitrogens with zero attached hydrogens (tertiary/aromatic N) is 3. The van der Waals surface area contributed by atoms with Crippen LogP contribution in [0, 0.1) is 27.7 Å². The lowest BCUT2D eigenvalue weighted by Crippen LogP contribution is -2.35. The normalized spacial score (nSPS) is 13.6. The van der Waals surface area contributed by atoms with Crippen LogP contribution >= 0.6 is 0 Å². The van der Waals surface area contributed by atoms with Crippen molar-refractivity contribution in [2.24, 2.45) is 7.05 Å². The van der Waals surface area contributed by atoms with Crippen LogP contribution in [0.2, 0.25) is 0 Å². The molecule has 0 amide bonds. The molecule has 0 aliphatic rings. The lowest BCUT2D eigenvalue weighted by Gasteiger charge is -2.22. The summed E-state index contributed by atoms with van der Waals surface area (Å²) < 4.78 is 41.8. The summed E-state index contributed by atoms with van der Waals surface area (Å²) in [6, 6.07) is -1.77. The van der Waals surface area contributed by atoms with Crippen molar-refractivity contribution in [3.63, 3.8) is 0 Å². The molecular formula is C14H20F3N5. The molecule has 1 atom stereocenters. The van der Waals surface area contributed by atoms with Gasteiger partial charge < -0.3 is 4.98 Å². The van der Waals surface area contributed by atoms with Crippen LogP contribution in [0.15, 0.2) is 0 Å². The van der Waals surface area contributed by atoms with Gasteiger partial charge in [-0.15, -0.1) is 0 Å². The Bertz CT molecular complexity index is 669. The third-order valence-electron chi connectivity index (χ3n) is 3.76. The van der Waals surface area contributed by atoms with Gasteiger partial charge in [0, 0.05) is 30.5 Å². The molecule has 22 heavy (non-hydrogen) atoms. The van der Waals surface area contributed by atoms with Crippen LogP contribution in [0.3, 0.4) is 0 Å². The molecule has 122 valence electrons. The number of H-pyrrole nitrogens is 1. The Labute approximate surface area is 126 Å². The fourth-order valence-electron chi connectivity index (χ4n) is 2.62. The summed E-state index contributed by atoms with van der Waals surface area (Å²) >= 11 is 0. The van der Waals surface area contributed by atoms with Gasteiger partial charge in [0.05, 0.1) is 11.4 Å². The highest BCUT2D eigenvalue weighted by Gasteiger charge is 2.43. The average Bonchev–Trinajstić information content (AvgIpc) is 2.81. The first-order valence-electron chi connectivity index (χ1n) is 6.93. The molecule has 0 saturated heterocycles. The maximum Gasteiger partial charge on any atom is 0.408 e. The van der Waals surface area contributed by atoms with Crippen molar-refractivity contribution in [1.82, 2.24) is 25.1 Å². The molecule has 0 saturated carbocycles. The van der Waals surface area contributed by atoms with E-state index in [2.05, 4.69) is 20.4 Å². The molecule has 1 unspecified atom stereocenters. The van der Waals surface area contributed by atoms with Crippen molar-refractivity contribution >= 4 is 0 Å². The SMILES string of the molecule is Cc1nc(CNC(c2c(C)nn(C)c2C)C(F)(F)F)c(C)[nH]1. The minimum atomic E-state index is -4.40. The number of nitrogens with one attached hydrogen (secondary N) is 2. The van der Waals surface area contributed by atoms with Gasteiger partial charge in [-0.05, 0) is 27.7 Å². The minimum absolute atomic E-state index is 0.0358. The van der Waals surface area contributed by atoms with Gasteiger partial charge in [0.15, 0.2) is 0 Å². The van der Waals surface area contributed by atoms with Crippen LogP contribution in [0.1, 0.15) is 40.2 Å². The van der Waals surface area contributed by atoms with E-state index in [0.29, 0.717) is 22.9 Å². The molecule has 0 fully saturated rings. The predicted molar refractivity (Wildman–Crippen MR) is 76.4 cm³/mol. The van der Waals surface area contributed by atoms with Crippen LogP contribution in [0.25, 0.3) is 0 Å². The van der Waals surface area contributed by atoms with Crippen LogP contribution < -0.4 is 5.32 Å². The van der Waals surface area contributed by atoms with Gasteiger partial charge in [0.25, 0.3) is 0 Å². The first-order valence-corrected chi connectivity index (χ1v) is 6.93. The molecule has 2 aromatic rings. The quantitative estimate of drug-likeness (QED) is 0.912. The Balaban J connectivity index is 2.30. The number of imidazole rings is 1. The highest BCUT2D eigenvalue weighted by Crippen LogP contribution is 2.36. The van der Waals surface area contributed by atoms with Crippen molar-refractivity contribution in [3.8, 4) is 0 Å². The zero-order valence-corrected chi connectivity index (χ0v) is 13.3. The summed E-state index contributed by atoms with van der Waals surface area (Å²) in [7, 11) is 1.64. The molecule has 0 bridgehead atoms. The predicted octanol–water partition coefficient (Wildman–Crippen LogP) is 2.77. The molecular weight excluding hydrogens is 295 g/mol. The molecule has 2 aromatic heterocycles. The molecule has 2 heterocycles. The molecule has 0 aliphatic carbocycles. The number of hydrogen-bond donors (Lipinski definition) is 2. The summed E-state index contributed by atoms with van der Waals surface area (Å²) in [5, 5.41) is 6.66. The Kier molecular flexibility index (Phi) is 4.32. The lowest BCUT2D eigenvalue weighted by molar-refractivity contribution is -0.158. The third-order valence-corrected chi connectivity index (χ3v) is 3.76. The maximum atomic E-state index is 13.5. The van der Waals surface area contributed by atoms with Crippen molar-refractivity contribution in [2.45, 2.75) is 46.5 Å². The number of aromatic amines is 1. The highest BCUT2D eigenvalue weighted by molar-refractivity contribution is 5.29. The monoisotopic (exact) mass is 315 g/mol. The maximum absolute atomic E-state index is 13.5. The Morgan fingerprint density at radius 1 is 1.23 bits per heavy atom. The standard InChI is InChI=1S/C14H20F3N5/c1-7-11(20-10(4)19-7)6-18-13(14(15,16)17)12-8(2)21-22(5)9(12)3/h13,18H,6H2,1-5H3,(H,19,20). The molecule has 5 nitrogen and oxygen atoms in total. The fourth-order valence-corrected chi connectivity index (χ4v) is 2.62. The van der Waals surface area contributed by atoms with E-state index in [0.717, 1.165) is 5.69 Å². The van der Waals surface area contributed by atoms with E-state index >= 15 is 0 Å². The summed E-state index contributed by atoms with van der Waals surface area (Å²) in [5.41, 5.74) is 2.42. The molecule has 2 rings (SSSR count). The van der Waals surface area contributed by atoms with Gasteiger partial charge in [-0.3, -0.25) is 10.00 Å². The van der Waals surface area contributed by atoms with E-state index in [1.54, 1.807) is 34.7 Å². The van der Waals surface area contributed by atoms with E-state index < -0.39 is 12.2 Å². The van der Waals surface area contributed by atoms with Gasteiger partial charge >= 0.3 is 6.18 Å². The number of aryl methyl sites for hydroxylation is 4. The van der Waals surface area contributed by atoms with Crippen molar-refractivity contribution in [3.05, 3.63) is 34.2 Å². The van der Waals surface area contributed by atoms with Crippen LogP contribution in [0.5, 0.6) is 0 Å². The van der Waals surface area contributed by atoms with E-state index in [1.807, 2.05) is 0 Å². The van der Waals surface area contributed by atoms with Crippen molar-refractivity contribution in [2.75, 3.05) is 0 Å². The zero-order valence-electron chi connectivity index (χ0n) is 13.3. The zero-order chi connectivity index (χ0) is 16.7. The van der Waals surface area contributed by atoms with Gasteiger partial charge in [0.1, 0.15) is 11.9 Å². The Hall–Kier alpha value is -1.83. The number of halogens is 3. The fraction of sp³-hybridized carbons (Fsp3) is 0.571. The van der Waals surface area contributed by atoms with Gasteiger partial charge in [-0.25, -0.2) is 4.98 Å². The number of rotatable bonds is 4. The summed E-state index contributed by atoms with van der Waals surface area (Å²) in [6.45, 7) is 6.83. The van der Waals surface area contributed by atoms with Crippen molar-refractivity contribution < 1.29 is 13.2 Å². The first kappa shape index (κ1) is 16.5. The molecule has 2 N–H and O–H groups in total. The van der Waals surface area contributed by atoms with E-state index in [9.17, 15) is 13.2 Å². The minimum Gasteiger partial charge on any atom is -0.346 e. The highest BCUT2D eigenvalue weighted by atomic mass is 19.4. The second-order valence-electron chi connectivity index (χ2n) is 5.46. The first-order chi connectivity index (χ1) is 10.1. The Morgan fingerprint density at radius 3 is 2.27 bits per heavy atom. The molecule has 0 spiro atoms. The van der Waals surface area contributed by atoms with Crippen LogP contribution in [0.4, 0.5) is 13.2 Å². The molecule has 0 aromatic carbocycles. The van der Waals surface area contributed by atoms with Gasteiger partial charge in [0.2, 0.25) is 0 Å². The second-order valence-corrected chi connectivity index (χ2v) is 5.46. The summed E-state index contributed by atoms with van der Waals surface area (Å²) in [4.78, 5) is 7.19. The third kappa shape index (κ3) is 3.16. The summed E-state index contributed by atoms with van der Waals surface area (Å²) in [5.74, 6) is 0.687. The topological polar surface area (TPSA) is 58.5 Å². The summed E-state index contributed by atoms with van der Waals surface area (Å²) in [6.07, 6.45) is -4.40. The lowest BCUT2D eigenvalue weighted by atomic mass is 10.0. The smallest absolute Gasteiger partial charge is 0.346 e. The molecule has 0 radical (unpaired) electrons.